The SMILES string of the molecule is CCC(CO)Nc1ccc(NC(=O)c2ccco2)cn1. The fourth-order valence-corrected chi connectivity index (χ4v) is 1.64. The Bertz CT molecular complexity index is 533. The van der Waals surface area contributed by atoms with E-state index < -0.39 is 0 Å². The third-order valence-corrected chi connectivity index (χ3v) is 2.83. The molecule has 0 aromatic carbocycles. The van der Waals surface area contributed by atoms with Crippen molar-refractivity contribution in [1.29, 1.82) is 0 Å². The van der Waals surface area contributed by atoms with Gasteiger partial charge in [-0.2, -0.15) is 0 Å². The predicted molar refractivity (Wildman–Crippen MR) is 75.7 cm³/mol. The van der Waals surface area contributed by atoms with Gasteiger partial charge in [0.25, 0.3) is 5.91 Å². The number of amides is 1. The highest BCUT2D eigenvalue weighted by Gasteiger charge is 2.09. The van der Waals surface area contributed by atoms with Crippen LogP contribution in [-0.2, 0) is 0 Å². The quantitative estimate of drug-likeness (QED) is 0.751. The minimum atomic E-state index is -0.320. The van der Waals surface area contributed by atoms with Crippen LogP contribution in [0.2, 0.25) is 0 Å². The summed E-state index contributed by atoms with van der Waals surface area (Å²) in [6.45, 7) is 2.03. The molecule has 2 aromatic heterocycles. The fourth-order valence-electron chi connectivity index (χ4n) is 1.64. The molecule has 0 saturated carbocycles. The van der Waals surface area contributed by atoms with E-state index in [1.165, 1.54) is 6.26 Å². The lowest BCUT2D eigenvalue weighted by atomic mass is 10.2. The number of anilines is 2. The number of rotatable bonds is 6. The smallest absolute Gasteiger partial charge is 0.291 e. The first-order valence-corrected chi connectivity index (χ1v) is 6.41. The Hall–Kier alpha value is -2.34. The highest BCUT2D eigenvalue weighted by Crippen LogP contribution is 2.13. The summed E-state index contributed by atoms with van der Waals surface area (Å²) in [5, 5.41) is 14.9. The predicted octanol–water partition coefficient (Wildman–Crippen LogP) is 2.11. The number of aromatic nitrogens is 1. The summed E-state index contributed by atoms with van der Waals surface area (Å²) in [7, 11) is 0. The van der Waals surface area contributed by atoms with Crippen LogP contribution in [0.4, 0.5) is 11.5 Å². The summed E-state index contributed by atoms with van der Waals surface area (Å²) in [5.41, 5.74) is 0.578. The normalized spacial score (nSPS) is 11.9. The number of aliphatic hydroxyl groups is 1. The van der Waals surface area contributed by atoms with Gasteiger partial charge in [0.15, 0.2) is 5.76 Å². The third-order valence-electron chi connectivity index (χ3n) is 2.83. The standard InChI is InChI=1S/C14H17N3O3/c1-2-10(9-18)16-13-6-5-11(8-15-13)17-14(19)12-4-3-7-20-12/h3-8,10,18H,2,9H2,1H3,(H,15,16)(H,17,19). The van der Waals surface area contributed by atoms with E-state index in [-0.39, 0.29) is 24.3 Å². The van der Waals surface area contributed by atoms with Crippen molar-refractivity contribution in [1.82, 2.24) is 4.98 Å². The van der Waals surface area contributed by atoms with E-state index in [9.17, 15) is 4.79 Å². The second-order valence-electron chi connectivity index (χ2n) is 4.30. The zero-order valence-corrected chi connectivity index (χ0v) is 11.2. The second-order valence-corrected chi connectivity index (χ2v) is 4.30. The number of hydrogen-bond acceptors (Lipinski definition) is 5. The van der Waals surface area contributed by atoms with Gasteiger partial charge in [0, 0.05) is 0 Å². The molecule has 2 heterocycles. The fraction of sp³-hybridized carbons (Fsp3) is 0.286. The van der Waals surface area contributed by atoms with Gasteiger partial charge >= 0.3 is 0 Å². The zero-order chi connectivity index (χ0) is 14.4. The van der Waals surface area contributed by atoms with E-state index in [2.05, 4.69) is 15.6 Å². The van der Waals surface area contributed by atoms with Crippen LogP contribution < -0.4 is 10.6 Å². The van der Waals surface area contributed by atoms with Crippen molar-refractivity contribution >= 4 is 17.4 Å². The topological polar surface area (TPSA) is 87.4 Å². The largest absolute Gasteiger partial charge is 0.459 e. The molecule has 0 aliphatic rings. The molecule has 0 saturated heterocycles. The maximum atomic E-state index is 11.7. The molecule has 1 atom stereocenters. The molecule has 20 heavy (non-hydrogen) atoms. The van der Waals surface area contributed by atoms with Crippen molar-refractivity contribution < 1.29 is 14.3 Å². The Morgan fingerprint density at radius 1 is 1.45 bits per heavy atom. The van der Waals surface area contributed by atoms with Gasteiger partial charge in [-0.25, -0.2) is 4.98 Å². The molecule has 0 bridgehead atoms. The van der Waals surface area contributed by atoms with Gasteiger partial charge in [-0.15, -0.1) is 0 Å². The lowest BCUT2D eigenvalue weighted by molar-refractivity contribution is 0.0996. The van der Waals surface area contributed by atoms with Crippen LogP contribution in [0, 0.1) is 0 Å². The molecule has 0 radical (unpaired) electrons. The van der Waals surface area contributed by atoms with Crippen molar-refractivity contribution in [3.05, 3.63) is 42.5 Å². The van der Waals surface area contributed by atoms with Gasteiger partial charge in [-0.1, -0.05) is 6.92 Å². The van der Waals surface area contributed by atoms with Crippen LogP contribution in [0.15, 0.2) is 41.1 Å². The summed E-state index contributed by atoms with van der Waals surface area (Å²) in [5.74, 6) is 0.583. The van der Waals surface area contributed by atoms with Crippen LogP contribution in [-0.4, -0.2) is 28.6 Å². The molecule has 1 amide bonds. The summed E-state index contributed by atoms with van der Waals surface area (Å²) in [4.78, 5) is 15.9. The minimum Gasteiger partial charge on any atom is -0.459 e. The first kappa shape index (κ1) is 14.1. The summed E-state index contributed by atoms with van der Waals surface area (Å²) in [6.07, 6.45) is 3.79. The van der Waals surface area contributed by atoms with Crippen LogP contribution >= 0.6 is 0 Å². The highest BCUT2D eigenvalue weighted by atomic mass is 16.3. The number of nitrogens with zero attached hydrogens (tertiary/aromatic N) is 1. The lowest BCUT2D eigenvalue weighted by Crippen LogP contribution is -2.23. The van der Waals surface area contributed by atoms with Crippen molar-refractivity contribution in [2.24, 2.45) is 0 Å². The van der Waals surface area contributed by atoms with E-state index in [0.717, 1.165) is 6.42 Å². The molecule has 2 rings (SSSR count). The number of furan rings is 1. The van der Waals surface area contributed by atoms with E-state index >= 15 is 0 Å². The molecule has 0 aliphatic heterocycles. The number of carbonyl (C=O) groups is 1. The zero-order valence-electron chi connectivity index (χ0n) is 11.2. The average Bonchev–Trinajstić information content (AvgIpc) is 3.01. The summed E-state index contributed by atoms with van der Waals surface area (Å²) in [6, 6.07) is 6.70. The van der Waals surface area contributed by atoms with Gasteiger partial charge in [0.2, 0.25) is 0 Å². The van der Waals surface area contributed by atoms with Gasteiger partial charge in [-0.3, -0.25) is 4.79 Å². The van der Waals surface area contributed by atoms with Crippen LogP contribution in [0.3, 0.4) is 0 Å². The second kappa shape index (κ2) is 6.72. The Balaban J connectivity index is 1.96. The molecular weight excluding hydrogens is 258 g/mol. The Morgan fingerprint density at radius 2 is 2.30 bits per heavy atom. The van der Waals surface area contributed by atoms with E-state index in [1.54, 1.807) is 30.5 Å². The maximum Gasteiger partial charge on any atom is 0.291 e. The van der Waals surface area contributed by atoms with Gasteiger partial charge in [-0.05, 0) is 30.7 Å². The third kappa shape index (κ3) is 3.58. The molecule has 0 fully saturated rings. The van der Waals surface area contributed by atoms with E-state index in [1.807, 2.05) is 6.92 Å². The van der Waals surface area contributed by atoms with Crippen molar-refractivity contribution in [3.63, 3.8) is 0 Å². The van der Waals surface area contributed by atoms with E-state index in [4.69, 9.17) is 9.52 Å². The van der Waals surface area contributed by atoms with Crippen LogP contribution in [0.25, 0.3) is 0 Å². The molecule has 0 aliphatic carbocycles. The number of hydrogen-bond donors (Lipinski definition) is 3. The monoisotopic (exact) mass is 275 g/mol. The Kier molecular flexibility index (Phi) is 4.73. The molecule has 2 aromatic rings. The molecule has 1 unspecified atom stereocenters. The summed E-state index contributed by atoms with van der Waals surface area (Å²) < 4.78 is 5.00. The first-order chi connectivity index (χ1) is 9.72. The maximum absolute atomic E-state index is 11.7. The van der Waals surface area contributed by atoms with Crippen molar-refractivity contribution in [2.45, 2.75) is 19.4 Å². The Morgan fingerprint density at radius 3 is 2.85 bits per heavy atom. The molecule has 3 N–H and O–H groups in total. The van der Waals surface area contributed by atoms with Gasteiger partial charge < -0.3 is 20.2 Å². The lowest BCUT2D eigenvalue weighted by Gasteiger charge is -2.14. The van der Waals surface area contributed by atoms with Crippen molar-refractivity contribution in [3.8, 4) is 0 Å². The molecule has 106 valence electrons. The molecule has 0 spiro atoms. The van der Waals surface area contributed by atoms with Crippen LogP contribution in [0.1, 0.15) is 23.9 Å². The Labute approximate surface area is 116 Å². The number of pyridine rings is 1. The highest BCUT2D eigenvalue weighted by molar-refractivity contribution is 6.02. The molecular formula is C14H17N3O3. The average molecular weight is 275 g/mol. The molecule has 6 nitrogen and oxygen atoms in total. The number of carbonyl (C=O) groups excluding carboxylic acids is 1. The first-order valence-electron chi connectivity index (χ1n) is 6.41. The van der Waals surface area contributed by atoms with Gasteiger partial charge in [0.1, 0.15) is 5.82 Å². The minimum absolute atomic E-state index is 0.0222. The molecule has 6 heteroatoms. The van der Waals surface area contributed by atoms with E-state index in [0.29, 0.717) is 11.5 Å². The number of nitrogens with one attached hydrogen (secondary N) is 2. The van der Waals surface area contributed by atoms with Gasteiger partial charge in [0.05, 0.1) is 30.8 Å². The van der Waals surface area contributed by atoms with Crippen molar-refractivity contribution in [2.75, 3.05) is 17.2 Å². The number of aliphatic hydroxyl groups excluding tert-OH is 1. The van der Waals surface area contributed by atoms with Crippen LogP contribution in [0.5, 0.6) is 0 Å². The summed E-state index contributed by atoms with van der Waals surface area (Å²) >= 11 is 0.